The number of fused-ring (bicyclic) bond motifs is 2. The van der Waals surface area contributed by atoms with Crippen molar-refractivity contribution in [2.24, 2.45) is 0 Å². The Balaban J connectivity index is 1.74. The van der Waals surface area contributed by atoms with Crippen LogP contribution in [0.15, 0.2) is 70.6 Å². The van der Waals surface area contributed by atoms with Crippen molar-refractivity contribution >= 4 is 31.5 Å². The third-order valence-electron chi connectivity index (χ3n) is 5.07. The number of likely N-dealkylation sites (N-methyl/N-ethyl adjacent to an activating group) is 1. The van der Waals surface area contributed by atoms with Gasteiger partial charge in [-0.2, -0.15) is 5.10 Å². The first-order valence-electron chi connectivity index (χ1n) is 9.53. The predicted molar refractivity (Wildman–Crippen MR) is 114 cm³/mol. The van der Waals surface area contributed by atoms with Crippen LogP contribution in [0.3, 0.4) is 0 Å². The van der Waals surface area contributed by atoms with Gasteiger partial charge in [0.05, 0.1) is 10.4 Å². The van der Waals surface area contributed by atoms with Crippen molar-refractivity contribution in [1.29, 1.82) is 0 Å². The van der Waals surface area contributed by atoms with Gasteiger partial charge < -0.3 is 9.64 Å². The molecule has 1 N–H and O–H groups in total. The SMILES string of the molecule is CCN(C)CCOc1ccc2[nH]nc(S(=O)(=O)c3cccc4ccccc34)c2c1. The molecular formula is C22H23N3O3S. The van der Waals surface area contributed by atoms with Gasteiger partial charge in [0, 0.05) is 17.3 Å². The molecule has 0 unspecified atom stereocenters. The lowest BCUT2D eigenvalue weighted by molar-refractivity contribution is 0.244. The molecule has 0 atom stereocenters. The quantitative estimate of drug-likeness (QED) is 0.501. The Morgan fingerprint density at radius 2 is 1.83 bits per heavy atom. The maximum Gasteiger partial charge on any atom is 0.226 e. The highest BCUT2D eigenvalue weighted by atomic mass is 32.2. The van der Waals surface area contributed by atoms with E-state index in [4.69, 9.17) is 4.74 Å². The number of sulfone groups is 1. The van der Waals surface area contributed by atoms with E-state index in [0.29, 0.717) is 28.6 Å². The summed E-state index contributed by atoms with van der Waals surface area (Å²) in [6, 6.07) is 18.1. The van der Waals surface area contributed by atoms with Gasteiger partial charge in [0.1, 0.15) is 12.4 Å². The average Bonchev–Trinajstić information content (AvgIpc) is 3.17. The van der Waals surface area contributed by atoms with Gasteiger partial charge in [-0.3, -0.25) is 5.10 Å². The molecule has 150 valence electrons. The molecule has 0 fully saturated rings. The first-order valence-corrected chi connectivity index (χ1v) is 11.0. The van der Waals surface area contributed by atoms with E-state index < -0.39 is 9.84 Å². The Labute approximate surface area is 170 Å². The van der Waals surface area contributed by atoms with Crippen molar-refractivity contribution in [1.82, 2.24) is 15.1 Å². The second kappa shape index (κ2) is 7.85. The number of hydrogen-bond acceptors (Lipinski definition) is 5. The first kappa shape index (κ1) is 19.4. The summed E-state index contributed by atoms with van der Waals surface area (Å²) in [5, 5.41) is 9.06. The summed E-state index contributed by atoms with van der Waals surface area (Å²) in [7, 11) is -1.78. The highest BCUT2D eigenvalue weighted by Crippen LogP contribution is 2.32. The summed E-state index contributed by atoms with van der Waals surface area (Å²) in [4.78, 5) is 2.40. The van der Waals surface area contributed by atoms with Gasteiger partial charge in [0.25, 0.3) is 0 Å². The minimum absolute atomic E-state index is 0.0139. The van der Waals surface area contributed by atoms with E-state index in [1.54, 1.807) is 24.3 Å². The highest BCUT2D eigenvalue weighted by Gasteiger charge is 2.25. The fraction of sp³-hybridized carbons (Fsp3) is 0.227. The molecule has 3 aromatic carbocycles. The maximum atomic E-state index is 13.4. The smallest absolute Gasteiger partial charge is 0.226 e. The molecule has 0 aliphatic carbocycles. The van der Waals surface area contributed by atoms with Gasteiger partial charge >= 0.3 is 0 Å². The maximum absolute atomic E-state index is 13.4. The van der Waals surface area contributed by atoms with Crippen LogP contribution in [0, 0.1) is 0 Å². The van der Waals surface area contributed by atoms with Crippen molar-refractivity contribution in [2.45, 2.75) is 16.8 Å². The molecule has 4 aromatic rings. The first-order chi connectivity index (χ1) is 14.0. The number of benzene rings is 3. The van der Waals surface area contributed by atoms with E-state index in [0.717, 1.165) is 18.5 Å². The summed E-state index contributed by atoms with van der Waals surface area (Å²) in [6.07, 6.45) is 0. The molecule has 7 heteroatoms. The largest absolute Gasteiger partial charge is 0.492 e. The summed E-state index contributed by atoms with van der Waals surface area (Å²) in [5.41, 5.74) is 0.654. The molecule has 1 aromatic heterocycles. The van der Waals surface area contributed by atoms with Crippen molar-refractivity contribution in [3.63, 3.8) is 0 Å². The average molecular weight is 410 g/mol. The molecule has 0 bridgehead atoms. The van der Waals surface area contributed by atoms with Gasteiger partial charge in [0.15, 0.2) is 5.03 Å². The molecule has 0 aliphatic rings. The number of rotatable bonds is 7. The van der Waals surface area contributed by atoms with E-state index >= 15 is 0 Å². The van der Waals surface area contributed by atoms with E-state index in [2.05, 4.69) is 22.0 Å². The van der Waals surface area contributed by atoms with E-state index in [1.807, 2.05) is 43.4 Å². The zero-order valence-electron chi connectivity index (χ0n) is 16.4. The third kappa shape index (κ3) is 3.71. The van der Waals surface area contributed by atoms with Crippen molar-refractivity contribution in [3.8, 4) is 5.75 Å². The van der Waals surface area contributed by atoms with Crippen molar-refractivity contribution in [2.75, 3.05) is 26.7 Å². The van der Waals surface area contributed by atoms with Gasteiger partial charge in [-0.1, -0.05) is 43.3 Å². The Hall–Kier alpha value is -2.90. The normalized spacial score (nSPS) is 12.1. The Bertz CT molecular complexity index is 1260. The van der Waals surface area contributed by atoms with Crippen LogP contribution >= 0.6 is 0 Å². The van der Waals surface area contributed by atoms with Gasteiger partial charge in [0.2, 0.25) is 9.84 Å². The van der Waals surface area contributed by atoms with Crippen LogP contribution in [0.4, 0.5) is 0 Å². The summed E-state index contributed by atoms with van der Waals surface area (Å²) in [5.74, 6) is 0.623. The molecule has 29 heavy (non-hydrogen) atoms. The lowest BCUT2D eigenvalue weighted by Gasteiger charge is -2.14. The Kier molecular flexibility index (Phi) is 5.25. The molecule has 0 amide bonds. The van der Waals surface area contributed by atoms with Crippen LogP contribution in [0.25, 0.3) is 21.7 Å². The molecule has 4 rings (SSSR count). The molecule has 0 saturated carbocycles. The standard InChI is InChI=1S/C22H23N3O3S/c1-3-25(2)13-14-28-17-11-12-20-19(15-17)22(24-23-20)29(26,27)21-10-6-8-16-7-4-5-9-18(16)21/h4-12,15H,3,13-14H2,1-2H3,(H,23,24). The second-order valence-electron chi connectivity index (χ2n) is 6.96. The fourth-order valence-corrected chi connectivity index (χ4v) is 4.84. The lowest BCUT2D eigenvalue weighted by atomic mass is 10.1. The number of ether oxygens (including phenoxy) is 1. The number of hydrogen-bond donors (Lipinski definition) is 1. The van der Waals surface area contributed by atoms with Crippen molar-refractivity contribution in [3.05, 3.63) is 60.7 Å². The van der Waals surface area contributed by atoms with Crippen LogP contribution in [-0.2, 0) is 9.84 Å². The summed E-state index contributed by atoms with van der Waals surface area (Å²) < 4.78 is 32.7. The summed E-state index contributed by atoms with van der Waals surface area (Å²) in [6.45, 7) is 4.35. The highest BCUT2D eigenvalue weighted by molar-refractivity contribution is 7.91. The molecular weight excluding hydrogens is 386 g/mol. The molecule has 6 nitrogen and oxygen atoms in total. The number of nitrogens with one attached hydrogen (secondary N) is 1. The molecule has 0 aliphatic heterocycles. The number of H-pyrrole nitrogens is 1. The van der Waals surface area contributed by atoms with E-state index in [-0.39, 0.29) is 9.92 Å². The zero-order chi connectivity index (χ0) is 20.4. The van der Waals surface area contributed by atoms with E-state index in [1.165, 1.54) is 0 Å². The minimum atomic E-state index is -3.81. The van der Waals surface area contributed by atoms with Crippen molar-refractivity contribution < 1.29 is 13.2 Å². The topological polar surface area (TPSA) is 75.3 Å². The lowest BCUT2D eigenvalue weighted by Crippen LogP contribution is -2.23. The van der Waals surface area contributed by atoms with Gasteiger partial charge in [-0.05, 0) is 43.2 Å². The molecule has 0 spiro atoms. The molecule has 0 saturated heterocycles. The van der Waals surface area contributed by atoms with Crippen LogP contribution in [0.1, 0.15) is 6.92 Å². The Morgan fingerprint density at radius 3 is 2.66 bits per heavy atom. The molecule has 0 radical (unpaired) electrons. The van der Waals surface area contributed by atoms with Crippen LogP contribution < -0.4 is 4.74 Å². The van der Waals surface area contributed by atoms with Crippen LogP contribution in [-0.4, -0.2) is 50.3 Å². The monoisotopic (exact) mass is 409 g/mol. The van der Waals surface area contributed by atoms with Crippen LogP contribution in [0.2, 0.25) is 0 Å². The third-order valence-corrected chi connectivity index (χ3v) is 6.83. The summed E-state index contributed by atoms with van der Waals surface area (Å²) >= 11 is 0. The van der Waals surface area contributed by atoms with Crippen LogP contribution in [0.5, 0.6) is 5.75 Å². The van der Waals surface area contributed by atoms with Gasteiger partial charge in [-0.15, -0.1) is 0 Å². The minimum Gasteiger partial charge on any atom is -0.492 e. The number of aromatic amines is 1. The number of nitrogens with zero attached hydrogens (tertiary/aromatic N) is 2. The Morgan fingerprint density at radius 1 is 1.03 bits per heavy atom. The fourth-order valence-electron chi connectivity index (χ4n) is 3.28. The number of aromatic nitrogens is 2. The second-order valence-corrected chi connectivity index (χ2v) is 8.79. The predicted octanol–water partition coefficient (Wildman–Crippen LogP) is 3.88. The van der Waals surface area contributed by atoms with E-state index in [9.17, 15) is 8.42 Å². The molecule has 1 heterocycles. The zero-order valence-corrected chi connectivity index (χ0v) is 17.2. The van der Waals surface area contributed by atoms with Gasteiger partial charge in [-0.25, -0.2) is 8.42 Å².